The molecule has 1 unspecified atom stereocenters. The van der Waals surface area contributed by atoms with Crippen LogP contribution < -0.4 is 10.5 Å². The molecular formula is C26H31F3N4O4S. The highest BCUT2D eigenvalue weighted by Crippen LogP contribution is 2.24. The molecule has 2 aromatic rings. The fraction of sp³-hybridized carbons (Fsp3) is 0.462. The van der Waals surface area contributed by atoms with Gasteiger partial charge in [-0.1, -0.05) is 12.1 Å². The molecule has 0 radical (unpaired) electrons. The van der Waals surface area contributed by atoms with Crippen molar-refractivity contribution in [1.82, 2.24) is 14.5 Å². The van der Waals surface area contributed by atoms with Crippen molar-refractivity contribution >= 4 is 21.8 Å². The molecule has 12 heteroatoms. The Morgan fingerprint density at radius 1 is 0.947 bits per heavy atom. The number of nitrogens with zero attached hydrogens (tertiary/aromatic N) is 2. The van der Waals surface area contributed by atoms with Gasteiger partial charge in [0.2, 0.25) is 10.0 Å². The van der Waals surface area contributed by atoms with Crippen LogP contribution in [0, 0.1) is 23.4 Å². The Bertz CT molecular complexity index is 1260. The number of carbonyl (C=O) groups is 2. The largest absolute Gasteiger partial charge is 0.327 e. The third-order valence-corrected chi connectivity index (χ3v) is 8.58. The molecule has 0 saturated carbocycles. The summed E-state index contributed by atoms with van der Waals surface area (Å²) in [6, 6.07) is 7.42. The van der Waals surface area contributed by atoms with Crippen LogP contribution >= 0.6 is 0 Å². The number of hydrogen-bond acceptors (Lipinski definition) is 6. The molecule has 2 aliphatic rings. The third-order valence-electron chi connectivity index (χ3n) is 7.22. The number of halogens is 3. The lowest BCUT2D eigenvalue weighted by atomic mass is 9.86. The van der Waals surface area contributed by atoms with Crippen molar-refractivity contribution in [2.45, 2.75) is 31.7 Å². The lowest BCUT2D eigenvalue weighted by Gasteiger charge is -2.35. The van der Waals surface area contributed by atoms with E-state index in [2.05, 4.69) is 9.62 Å². The number of benzene rings is 2. The first-order valence-corrected chi connectivity index (χ1v) is 14.2. The van der Waals surface area contributed by atoms with E-state index in [0.29, 0.717) is 19.0 Å². The van der Waals surface area contributed by atoms with Crippen molar-refractivity contribution < 1.29 is 31.2 Å². The van der Waals surface area contributed by atoms with Gasteiger partial charge in [-0.2, -0.15) is 0 Å². The van der Waals surface area contributed by atoms with Crippen LogP contribution in [0.4, 0.5) is 13.2 Å². The Balaban J connectivity index is 1.14. The van der Waals surface area contributed by atoms with E-state index in [-0.39, 0.29) is 53.9 Å². The molecule has 0 aromatic heterocycles. The predicted octanol–water partition coefficient (Wildman–Crippen LogP) is 2.29. The molecule has 1 saturated heterocycles. The van der Waals surface area contributed by atoms with E-state index >= 15 is 0 Å². The monoisotopic (exact) mass is 552 g/mol. The average Bonchev–Trinajstić information content (AvgIpc) is 3.13. The van der Waals surface area contributed by atoms with Gasteiger partial charge in [0.15, 0.2) is 11.6 Å². The van der Waals surface area contributed by atoms with E-state index in [1.165, 1.54) is 0 Å². The third kappa shape index (κ3) is 6.60. The molecule has 38 heavy (non-hydrogen) atoms. The summed E-state index contributed by atoms with van der Waals surface area (Å²) in [5.74, 6) is -4.36. The van der Waals surface area contributed by atoms with Crippen molar-refractivity contribution in [2.24, 2.45) is 11.7 Å². The number of amides is 2. The van der Waals surface area contributed by atoms with Crippen LogP contribution in [0.3, 0.4) is 0 Å². The molecule has 4 rings (SSSR count). The van der Waals surface area contributed by atoms with E-state index in [1.807, 2.05) is 0 Å². The molecule has 3 N–H and O–H groups in total. The first kappa shape index (κ1) is 28.2. The number of rotatable bonds is 11. The van der Waals surface area contributed by atoms with E-state index < -0.39 is 39.3 Å². The number of piperidine rings is 1. The second-order valence-electron chi connectivity index (χ2n) is 9.78. The number of imide groups is 1. The van der Waals surface area contributed by atoms with E-state index in [4.69, 9.17) is 5.73 Å². The second-order valence-corrected chi connectivity index (χ2v) is 11.7. The SMILES string of the molecule is NC(Cc1cc(F)c(F)cc1F)C1CCN(CCCNS(=O)(=O)CCN2C(=O)c3ccccc3C2=O)CC1. The zero-order valence-electron chi connectivity index (χ0n) is 20.8. The van der Waals surface area contributed by atoms with Crippen LogP contribution in [-0.2, 0) is 16.4 Å². The summed E-state index contributed by atoms with van der Waals surface area (Å²) in [6.07, 6.45) is 2.22. The van der Waals surface area contributed by atoms with Crippen molar-refractivity contribution in [3.05, 3.63) is 70.5 Å². The summed E-state index contributed by atoms with van der Waals surface area (Å²) in [4.78, 5) is 27.9. The number of carbonyl (C=O) groups excluding carboxylic acids is 2. The van der Waals surface area contributed by atoms with Gasteiger partial charge in [-0.05, 0) is 75.0 Å². The number of nitrogens with one attached hydrogen (secondary N) is 1. The topological polar surface area (TPSA) is 113 Å². The Hall–Kier alpha value is -2.80. The number of likely N-dealkylation sites (tertiary alicyclic amines) is 1. The van der Waals surface area contributed by atoms with Crippen LogP contribution in [0.5, 0.6) is 0 Å². The zero-order chi connectivity index (χ0) is 27.4. The Kier molecular flexibility index (Phi) is 8.86. The fourth-order valence-electron chi connectivity index (χ4n) is 5.00. The molecular weight excluding hydrogens is 521 g/mol. The van der Waals surface area contributed by atoms with Crippen LogP contribution in [0.25, 0.3) is 0 Å². The molecule has 0 aliphatic carbocycles. The number of nitrogens with two attached hydrogens (primary N) is 1. The minimum atomic E-state index is -3.68. The second kappa shape index (κ2) is 11.9. The maximum Gasteiger partial charge on any atom is 0.261 e. The maximum absolute atomic E-state index is 13.9. The van der Waals surface area contributed by atoms with E-state index in [0.717, 1.165) is 36.9 Å². The summed E-state index contributed by atoms with van der Waals surface area (Å²) >= 11 is 0. The van der Waals surface area contributed by atoms with E-state index in [9.17, 15) is 31.2 Å². The fourth-order valence-corrected chi connectivity index (χ4v) is 6.02. The first-order chi connectivity index (χ1) is 18.1. The van der Waals surface area contributed by atoms with E-state index in [1.54, 1.807) is 24.3 Å². The Morgan fingerprint density at radius 3 is 2.18 bits per heavy atom. The Labute approximate surface area is 220 Å². The summed E-state index contributed by atoms with van der Waals surface area (Å²) in [5, 5.41) is 0. The van der Waals surface area contributed by atoms with Gasteiger partial charge >= 0.3 is 0 Å². The highest BCUT2D eigenvalue weighted by molar-refractivity contribution is 7.89. The van der Waals surface area contributed by atoms with Crippen molar-refractivity contribution in [2.75, 3.05) is 38.5 Å². The quantitative estimate of drug-likeness (QED) is 0.251. The summed E-state index contributed by atoms with van der Waals surface area (Å²) < 4.78 is 67.9. The van der Waals surface area contributed by atoms with Gasteiger partial charge in [0.1, 0.15) is 5.82 Å². The lowest BCUT2D eigenvalue weighted by Crippen LogP contribution is -2.43. The molecule has 206 valence electrons. The molecule has 2 amide bonds. The predicted molar refractivity (Wildman–Crippen MR) is 135 cm³/mol. The van der Waals surface area contributed by atoms with Crippen molar-refractivity contribution in [3.8, 4) is 0 Å². The molecule has 1 fully saturated rings. The van der Waals surface area contributed by atoms with Gasteiger partial charge in [0, 0.05) is 25.2 Å². The maximum atomic E-state index is 13.9. The van der Waals surface area contributed by atoms with Gasteiger partial charge < -0.3 is 10.6 Å². The van der Waals surface area contributed by atoms with Gasteiger partial charge in [0.25, 0.3) is 11.8 Å². The Morgan fingerprint density at radius 2 is 1.55 bits per heavy atom. The molecule has 2 aromatic carbocycles. The van der Waals surface area contributed by atoms with Gasteiger partial charge in [-0.3, -0.25) is 14.5 Å². The van der Waals surface area contributed by atoms with Gasteiger partial charge in [-0.15, -0.1) is 0 Å². The number of fused-ring (bicyclic) bond motifs is 1. The van der Waals surface area contributed by atoms with Crippen molar-refractivity contribution in [1.29, 1.82) is 0 Å². The lowest BCUT2D eigenvalue weighted by molar-refractivity contribution is 0.0664. The summed E-state index contributed by atoms with van der Waals surface area (Å²) in [7, 11) is -3.68. The standard InChI is InChI=1S/C26H31F3N4O4S/c27-21-16-23(29)22(28)14-18(21)15-24(30)17-6-10-32(11-7-17)9-3-8-31-38(36,37)13-12-33-25(34)19-4-1-2-5-20(19)26(33)35/h1-2,4-5,14,16-17,24,31H,3,6-13,15,30H2. The smallest absolute Gasteiger partial charge is 0.261 e. The number of hydrogen-bond donors (Lipinski definition) is 2. The van der Waals surface area contributed by atoms with Crippen LogP contribution in [0.15, 0.2) is 36.4 Å². The van der Waals surface area contributed by atoms with Crippen molar-refractivity contribution in [3.63, 3.8) is 0 Å². The number of sulfonamides is 1. The molecule has 1 atom stereocenters. The van der Waals surface area contributed by atoms with Gasteiger partial charge in [-0.25, -0.2) is 26.3 Å². The average molecular weight is 553 g/mol. The van der Waals surface area contributed by atoms with Crippen LogP contribution in [-0.4, -0.2) is 74.6 Å². The molecule has 0 spiro atoms. The highest BCUT2D eigenvalue weighted by Gasteiger charge is 2.35. The molecule has 2 heterocycles. The molecule has 8 nitrogen and oxygen atoms in total. The van der Waals surface area contributed by atoms with Gasteiger partial charge in [0.05, 0.1) is 16.9 Å². The normalized spacial score (nSPS) is 17.7. The minimum absolute atomic E-state index is 0.0640. The molecule has 0 bridgehead atoms. The highest BCUT2D eigenvalue weighted by atomic mass is 32.2. The summed E-state index contributed by atoms with van der Waals surface area (Å²) in [5.41, 5.74) is 6.87. The zero-order valence-corrected chi connectivity index (χ0v) is 21.7. The van der Waals surface area contributed by atoms with Crippen LogP contribution in [0.1, 0.15) is 45.5 Å². The molecule has 2 aliphatic heterocycles. The first-order valence-electron chi connectivity index (χ1n) is 12.6. The summed E-state index contributed by atoms with van der Waals surface area (Å²) in [6.45, 7) is 2.15. The van der Waals surface area contributed by atoms with Crippen LogP contribution in [0.2, 0.25) is 0 Å². The minimum Gasteiger partial charge on any atom is -0.327 e.